The SMILES string of the molecule is CCCOC(=O)c1ccc(NC(=O)/C=C/c2cc3cc(Br)ccc3o2)cc1. The van der Waals surface area contributed by atoms with E-state index in [1.807, 2.05) is 31.2 Å². The molecule has 3 aromatic rings. The molecule has 0 unspecified atom stereocenters. The molecule has 0 spiro atoms. The van der Waals surface area contributed by atoms with Gasteiger partial charge in [-0.05, 0) is 61.0 Å². The van der Waals surface area contributed by atoms with E-state index >= 15 is 0 Å². The fraction of sp³-hybridized carbons (Fsp3) is 0.143. The van der Waals surface area contributed by atoms with Gasteiger partial charge < -0.3 is 14.5 Å². The second kappa shape index (κ2) is 8.68. The van der Waals surface area contributed by atoms with Gasteiger partial charge in [0.1, 0.15) is 11.3 Å². The molecule has 1 aromatic heterocycles. The zero-order valence-electron chi connectivity index (χ0n) is 14.7. The fourth-order valence-electron chi connectivity index (χ4n) is 2.43. The summed E-state index contributed by atoms with van der Waals surface area (Å²) in [7, 11) is 0. The first-order valence-electron chi connectivity index (χ1n) is 8.50. The molecule has 1 heterocycles. The Morgan fingerprint density at radius 2 is 1.93 bits per heavy atom. The Labute approximate surface area is 165 Å². The number of hydrogen-bond acceptors (Lipinski definition) is 4. The molecular weight excluding hydrogens is 410 g/mol. The van der Waals surface area contributed by atoms with Crippen LogP contribution in [0.4, 0.5) is 5.69 Å². The van der Waals surface area contributed by atoms with Gasteiger partial charge in [-0.25, -0.2) is 4.79 Å². The molecular formula is C21H18BrNO4. The van der Waals surface area contributed by atoms with Gasteiger partial charge in [-0.2, -0.15) is 0 Å². The number of halogens is 1. The van der Waals surface area contributed by atoms with Crippen LogP contribution in [0, 0.1) is 0 Å². The van der Waals surface area contributed by atoms with Gasteiger partial charge >= 0.3 is 5.97 Å². The number of carbonyl (C=O) groups is 2. The molecule has 6 heteroatoms. The number of benzene rings is 2. The lowest BCUT2D eigenvalue weighted by atomic mass is 10.2. The van der Waals surface area contributed by atoms with E-state index in [2.05, 4.69) is 21.2 Å². The van der Waals surface area contributed by atoms with Gasteiger partial charge in [0.15, 0.2) is 0 Å². The molecule has 3 rings (SSSR count). The third-order valence-corrected chi connectivity index (χ3v) is 4.22. The number of amides is 1. The van der Waals surface area contributed by atoms with Gasteiger partial charge in [-0.15, -0.1) is 0 Å². The van der Waals surface area contributed by atoms with Crippen LogP contribution in [0.15, 0.2) is 63.5 Å². The minimum atomic E-state index is -0.369. The quantitative estimate of drug-likeness (QED) is 0.421. The van der Waals surface area contributed by atoms with Crippen molar-refractivity contribution in [3.8, 4) is 0 Å². The first-order valence-corrected chi connectivity index (χ1v) is 9.30. The van der Waals surface area contributed by atoms with Crippen molar-refractivity contribution in [2.24, 2.45) is 0 Å². The molecule has 0 saturated carbocycles. The largest absolute Gasteiger partial charge is 0.462 e. The Kier molecular flexibility index (Phi) is 6.08. The maximum atomic E-state index is 12.1. The lowest BCUT2D eigenvalue weighted by Gasteiger charge is -2.05. The van der Waals surface area contributed by atoms with Crippen LogP contribution >= 0.6 is 15.9 Å². The van der Waals surface area contributed by atoms with Crippen molar-refractivity contribution >= 4 is 50.5 Å². The molecule has 0 aliphatic rings. The average Bonchev–Trinajstić information content (AvgIpc) is 3.07. The highest BCUT2D eigenvalue weighted by atomic mass is 79.9. The number of esters is 1. The summed E-state index contributed by atoms with van der Waals surface area (Å²) >= 11 is 3.41. The summed E-state index contributed by atoms with van der Waals surface area (Å²) in [5.74, 6) is -0.0728. The van der Waals surface area contributed by atoms with Crippen molar-refractivity contribution in [1.82, 2.24) is 0 Å². The van der Waals surface area contributed by atoms with Crippen LogP contribution in [-0.4, -0.2) is 18.5 Å². The molecule has 5 nitrogen and oxygen atoms in total. The van der Waals surface area contributed by atoms with Crippen molar-refractivity contribution in [2.75, 3.05) is 11.9 Å². The first-order chi connectivity index (χ1) is 13.0. The number of hydrogen-bond donors (Lipinski definition) is 1. The Bertz CT molecular complexity index is 989. The van der Waals surface area contributed by atoms with Crippen molar-refractivity contribution in [3.05, 3.63) is 70.4 Å². The standard InChI is InChI=1S/C21H18BrNO4/c1-2-11-26-21(25)14-3-6-17(7-4-14)23-20(24)10-8-18-13-15-12-16(22)5-9-19(15)27-18/h3-10,12-13H,2,11H2,1H3,(H,23,24)/b10-8+. The molecule has 1 amide bonds. The van der Waals surface area contributed by atoms with E-state index in [9.17, 15) is 9.59 Å². The highest BCUT2D eigenvalue weighted by Gasteiger charge is 2.07. The lowest BCUT2D eigenvalue weighted by molar-refractivity contribution is -0.111. The van der Waals surface area contributed by atoms with Crippen LogP contribution in [0.25, 0.3) is 17.0 Å². The van der Waals surface area contributed by atoms with Gasteiger partial charge in [0, 0.05) is 21.6 Å². The molecule has 0 saturated heterocycles. The molecule has 0 fully saturated rings. The average molecular weight is 428 g/mol. The van der Waals surface area contributed by atoms with E-state index in [1.54, 1.807) is 30.3 Å². The van der Waals surface area contributed by atoms with E-state index in [1.165, 1.54) is 6.08 Å². The van der Waals surface area contributed by atoms with Crippen molar-refractivity contribution < 1.29 is 18.7 Å². The van der Waals surface area contributed by atoms with E-state index in [4.69, 9.17) is 9.15 Å². The maximum Gasteiger partial charge on any atom is 0.338 e. The summed E-state index contributed by atoms with van der Waals surface area (Å²) in [6.07, 6.45) is 3.78. The Morgan fingerprint density at radius 3 is 2.67 bits per heavy atom. The third kappa shape index (κ3) is 5.08. The zero-order valence-corrected chi connectivity index (χ0v) is 16.3. The van der Waals surface area contributed by atoms with Crippen LogP contribution in [0.1, 0.15) is 29.5 Å². The second-order valence-corrected chi connectivity index (χ2v) is 6.78. The Balaban J connectivity index is 1.61. The van der Waals surface area contributed by atoms with Gasteiger partial charge in [-0.1, -0.05) is 22.9 Å². The number of rotatable bonds is 6. The molecule has 0 aliphatic carbocycles. The monoisotopic (exact) mass is 427 g/mol. The van der Waals surface area contributed by atoms with Crippen LogP contribution in [0.2, 0.25) is 0 Å². The zero-order chi connectivity index (χ0) is 19.2. The Hall–Kier alpha value is -2.86. The van der Waals surface area contributed by atoms with Crippen molar-refractivity contribution in [2.45, 2.75) is 13.3 Å². The van der Waals surface area contributed by atoms with Gasteiger partial charge in [0.05, 0.1) is 12.2 Å². The minimum Gasteiger partial charge on any atom is -0.462 e. The van der Waals surface area contributed by atoms with Crippen LogP contribution in [0.5, 0.6) is 0 Å². The van der Waals surface area contributed by atoms with E-state index in [0.29, 0.717) is 23.6 Å². The minimum absolute atomic E-state index is 0.294. The number of ether oxygens (including phenoxy) is 1. The van der Waals surface area contributed by atoms with Gasteiger partial charge in [-0.3, -0.25) is 4.79 Å². The van der Waals surface area contributed by atoms with Crippen LogP contribution in [0.3, 0.4) is 0 Å². The van der Waals surface area contributed by atoms with Crippen molar-refractivity contribution in [1.29, 1.82) is 0 Å². The predicted octanol–water partition coefficient (Wildman–Crippen LogP) is 5.41. The summed E-state index contributed by atoms with van der Waals surface area (Å²) in [6, 6.07) is 14.1. The van der Waals surface area contributed by atoms with Gasteiger partial charge in [0.25, 0.3) is 0 Å². The molecule has 1 N–H and O–H groups in total. The molecule has 2 aromatic carbocycles. The number of furan rings is 1. The number of carbonyl (C=O) groups excluding carboxylic acids is 2. The number of anilines is 1. The first kappa shape index (κ1) is 18.9. The topological polar surface area (TPSA) is 68.5 Å². The summed E-state index contributed by atoms with van der Waals surface area (Å²) in [5.41, 5.74) is 1.79. The van der Waals surface area contributed by atoms with E-state index < -0.39 is 0 Å². The highest BCUT2D eigenvalue weighted by molar-refractivity contribution is 9.10. The number of nitrogens with one attached hydrogen (secondary N) is 1. The smallest absolute Gasteiger partial charge is 0.338 e. The van der Waals surface area contributed by atoms with Crippen molar-refractivity contribution in [3.63, 3.8) is 0 Å². The molecule has 27 heavy (non-hydrogen) atoms. The second-order valence-electron chi connectivity index (χ2n) is 5.87. The highest BCUT2D eigenvalue weighted by Crippen LogP contribution is 2.24. The molecule has 138 valence electrons. The number of fused-ring (bicyclic) bond motifs is 1. The molecule has 0 atom stereocenters. The third-order valence-electron chi connectivity index (χ3n) is 3.72. The lowest BCUT2D eigenvalue weighted by Crippen LogP contribution is -2.09. The molecule has 0 radical (unpaired) electrons. The maximum absolute atomic E-state index is 12.1. The van der Waals surface area contributed by atoms with Crippen LogP contribution < -0.4 is 5.32 Å². The summed E-state index contributed by atoms with van der Waals surface area (Å²) < 4.78 is 11.7. The summed E-state index contributed by atoms with van der Waals surface area (Å²) in [5, 5.41) is 3.69. The van der Waals surface area contributed by atoms with E-state index in [0.717, 1.165) is 21.9 Å². The summed E-state index contributed by atoms with van der Waals surface area (Å²) in [4.78, 5) is 23.8. The molecule has 0 bridgehead atoms. The Morgan fingerprint density at radius 1 is 1.15 bits per heavy atom. The summed E-state index contributed by atoms with van der Waals surface area (Å²) in [6.45, 7) is 2.32. The molecule has 0 aliphatic heterocycles. The van der Waals surface area contributed by atoms with Gasteiger partial charge in [0.2, 0.25) is 5.91 Å². The van der Waals surface area contributed by atoms with E-state index in [-0.39, 0.29) is 11.9 Å². The predicted molar refractivity (Wildman–Crippen MR) is 109 cm³/mol. The van der Waals surface area contributed by atoms with Crippen LogP contribution in [-0.2, 0) is 9.53 Å². The normalized spacial score (nSPS) is 11.0. The fourth-order valence-corrected chi connectivity index (χ4v) is 2.81.